The smallest absolute Gasteiger partial charge is 0.313 e. The normalized spacial score (nSPS) is 32.9. The molecule has 108 valence electrons. The lowest BCUT2D eigenvalue weighted by atomic mass is 10.1. The van der Waals surface area contributed by atoms with Gasteiger partial charge < -0.3 is 19.4 Å². The van der Waals surface area contributed by atoms with E-state index in [-0.39, 0.29) is 12.5 Å². The minimum absolute atomic E-state index is 0.00211. The molecule has 2 aliphatic rings. The van der Waals surface area contributed by atoms with Crippen molar-refractivity contribution in [3.05, 3.63) is 5.21 Å². The maximum absolute atomic E-state index is 11.8. The topological polar surface area (TPSA) is 70.8 Å². The van der Waals surface area contributed by atoms with Crippen molar-refractivity contribution < 1.29 is 23.7 Å². The van der Waals surface area contributed by atoms with E-state index in [1.165, 1.54) is 6.21 Å². The van der Waals surface area contributed by atoms with Crippen molar-refractivity contribution in [1.82, 2.24) is 0 Å². The van der Waals surface area contributed by atoms with E-state index in [1.54, 1.807) is 34.6 Å². The Hall–Kier alpha value is -1.14. The lowest BCUT2D eigenvalue weighted by Gasteiger charge is -2.23. The highest BCUT2D eigenvalue weighted by Gasteiger charge is 2.54. The lowest BCUT2D eigenvalue weighted by molar-refractivity contribution is -0.500. The number of fused-ring (bicyclic) bond motifs is 1. The van der Waals surface area contributed by atoms with Crippen LogP contribution in [0, 0.1) is 5.21 Å². The van der Waals surface area contributed by atoms with E-state index in [0.29, 0.717) is 0 Å². The second-order valence-electron chi connectivity index (χ2n) is 6.43. The number of nitrogens with zero attached hydrogens (tertiary/aromatic N) is 1. The van der Waals surface area contributed by atoms with E-state index in [0.717, 1.165) is 4.74 Å². The highest BCUT2D eigenvalue weighted by Crippen LogP contribution is 2.34. The predicted molar refractivity (Wildman–Crippen MR) is 67.8 cm³/mol. The first-order chi connectivity index (χ1) is 8.57. The molecule has 0 aromatic carbocycles. The molecule has 0 saturated carbocycles. The van der Waals surface area contributed by atoms with Gasteiger partial charge in [-0.2, -0.15) is 0 Å². The molecule has 2 heterocycles. The molecule has 19 heavy (non-hydrogen) atoms. The summed E-state index contributed by atoms with van der Waals surface area (Å²) in [6.45, 7) is 8.96. The van der Waals surface area contributed by atoms with Gasteiger partial charge in [0, 0.05) is 0 Å². The Morgan fingerprint density at radius 3 is 2.63 bits per heavy atom. The first-order valence-electron chi connectivity index (χ1n) is 6.45. The molecule has 0 aliphatic carbocycles. The summed E-state index contributed by atoms with van der Waals surface area (Å²) in [7, 11) is 0. The Labute approximate surface area is 112 Å². The van der Waals surface area contributed by atoms with Crippen molar-refractivity contribution in [2.75, 3.05) is 0 Å². The number of hydroxylamine groups is 1. The monoisotopic (exact) mass is 271 g/mol. The third-order valence-electron chi connectivity index (χ3n) is 2.96. The molecule has 6 nitrogen and oxygen atoms in total. The molecule has 2 aliphatic heterocycles. The van der Waals surface area contributed by atoms with Gasteiger partial charge in [0.1, 0.15) is 12.0 Å². The Kier molecular flexibility index (Phi) is 3.35. The fourth-order valence-electron chi connectivity index (χ4n) is 2.39. The van der Waals surface area contributed by atoms with Crippen LogP contribution >= 0.6 is 0 Å². The molecule has 0 bridgehead atoms. The average molecular weight is 271 g/mol. The Balaban J connectivity index is 2.01. The standard InChI is InChI=1S/C13H21NO5/c1-12(2,3)18-10(15)6-8-11-9(7-14(8)16)17-13(4,5)19-11/h7-9,11H,6H2,1-5H3/t8-,9-,11+/m1/s1. The van der Waals surface area contributed by atoms with Gasteiger partial charge in [0.05, 0.1) is 0 Å². The van der Waals surface area contributed by atoms with Crippen molar-refractivity contribution in [2.24, 2.45) is 0 Å². The van der Waals surface area contributed by atoms with E-state index < -0.39 is 29.5 Å². The van der Waals surface area contributed by atoms with Gasteiger partial charge in [-0.05, 0) is 34.6 Å². The molecule has 0 aromatic heterocycles. The van der Waals surface area contributed by atoms with Crippen LogP contribution in [-0.2, 0) is 19.0 Å². The van der Waals surface area contributed by atoms with Gasteiger partial charge in [-0.1, -0.05) is 0 Å². The number of hydrogen-bond donors (Lipinski definition) is 0. The van der Waals surface area contributed by atoms with Crippen LogP contribution in [0.25, 0.3) is 0 Å². The molecule has 0 unspecified atom stereocenters. The molecular weight excluding hydrogens is 250 g/mol. The van der Waals surface area contributed by atoms with E-state index in [4.69, 9.17) is 14.2 Å². The van der Waals surface area contributed by atoms with Gasteiger partial charge in [-0.15, -0.1) is 0 Å². The second kappa shape index (κ2) is 4.45. The fourth-order valence-corrected chi connectivity index (χ4v) is 2.39. The number of esters is 1. The minimum Gasteiger partial charge on any atom is -0.624 e. The first kappa shape index (κ1) is 14.3. The summed E-state index contributed by atoms with van der Waals surface area (Å²) in [5.74, 6) is -1.13. The number of rotatable bonds is 2. The largest absolute Gasteiger partial charge is 0.624 e. The zero-order chi connectivity index (χ0) is 14.4. The van der Waals surface area contributed by atoms with E-state index in [1.807, 2.05) is 0 Å². The van der Waals surface area contributed by atoms with Crippen LogP contribution in [0.4, 0.5) is 0 Å². The molecular formula is C13H21NO5. The lowest BCUT2D eigenvalue weighted by Crippen LogP contribution is -2.37. The Morgan fingerprint density at radius 2 is 2.05 bits per heavy atom. The van der Waals surface area contributed by atoms with Gasteiger partial charge in [0.25, 0.3) is 0 Å². The summed E-state index contributed by atoms with van der Waals surface area (Å²) < 4.78 is 17.2. The third kappa shape index (κ3) is 3.25. The molecule has 0 spiro atoms. The molecule has 1 fully saturated rings. The van der Waals surface area contributed by atoms with Gasteiger partial charge in [-0.3, -0.25) is 4.79 Å². The van der Waals surface area contributed by atoms with E-state index in [9.17, 15) is 10.0 Å². The Bertz CT molecular complexity index is 410. The summed E-state index contributed by atoms with van der Waals surface area (Å²) in [5.41, 5.74) is -0.557. The summed E-state index contributed by atoms with van der Waals surface area (Å²) >= 11 is 0. The van der Waals surface area contributed by atoms with Crippen LogP contribution in [-0.4, -0.2) is 46.6 Å². The van der Waals surface area contributed by atoms with Crippen molar-refractivity contribution in [1.29, 1.82) is 0 Å². The zero-order valence-electron chi connectivity index (χ0n) is 12.0. The van der Waals surface area contributed by atoms with Gasteiger partial charge in [0.2, 0.25) is 6.04 Å². The van der Waals surface area contributed by atoms with Crippen molar-refractivity contribution in [3.8, 4) is 0 Å². The van der Waals surface area contributed by atoms with Gasteiger partial charge >= 0.3 is 5.97 Å². The van der Waals surface area contributed by atoms with Gasteiger partial charge in [-0.25, -0.2) is 4.74 Å². The summed E-state index contributed by atoms with van der Waals surface area (Å²) in [6.07, 6.45) is 0.617. The molecule has 0 aromatic rings. The maximum Gasteiger partial charge on any atom is 0.313 e. The van der Waals surface area contributed by atoms with Crippen LogP contribution in [0.1, 0.15) is 41.0 Å². The van der Waals surface area contributed by atoms with Crippen LogP contribution in [0.5, 0.6) is 0 Å². The van der Waals surface area contributed by atoms with Crippen molar-refractivity contribution in [3.63, 3.8) is 0 Å². The number of ether oxygens (including phenoxy) is 3. The Morgan fingerprint density at radius 1 is 1.42 bits per heavy atom. The quantitative estimate of drug-likeness (QED) is 0.429. The highest BCUT2D eigenvalue weighted by molar-refractivity contribution is 5.72. The summed E-state index contributed by atoms with van der Waals surface area (Å²) in [4.78, 5) is 11.8. The molecule has 0 radical (unpaired) electrons. The number of carbonyl (C=O) groups excluding carboxylic acids is 1. The van der Waals surface area contributed by atoms with Crippen LogP contribution in [0.3, 0.4) is 0 Å². The molecule has 0 N–H and O–H groups in total. The molecule has 0 amide bonds. The number of carbonyl (C=O) groups is 1. The van der Waals surface area contributed by atoms with E-state index >= 15 is 0 Å². The SMILES string of the molecule is CC(C)(C)OC(=O)C[C@@H]1[C@@H]2OC(C)(C)O[C@@H]2C=[N+]1[O-]. The first-order valence-corrected chi connectivity index (χ1v) is 6.45. The summed E-state index contributed by atoms with van der Waals surface area (Å²) in [5, 5.41) is 11.8. The maximum atomic E-state index is 11.8. The van der Waals surface area contributed by atoms with Crippen molar-refractivity contribution in [2.45, 2.75) is 70.7 Å². The number of hydrogen-bond acceptors (Lipinski definition) is 5. The fraction of sp³-hybridized carbons (Fsp3) is 0.846. The van der Waals surface area contributed by atoms with Crippen LogP contribution in [0.15, 0.2) is 0 Å². The van der Waals surface area contributed by atoms with E-state index in [2.05, 4.69) is 0 Å². The molecule has 1 saturated heterocycles. The average Bonchev–Trinajstić information content (AvgIpc) is 2.58. The van der Waals surface area contributed by atoms with Gasteiger partial charge in [0.15, 0.2) is 24.2 Å². The predicted octanol–water partition coefficient (Wildman–Crippen LogP) is 1.20. The molecule has 3 atom stereocenters. The summed E-state index contributed by atoms with van der Waals surface area (Å²) in [6, 6.07) is -0.582. The zero-order valence-corrected chi connectivity index (χ0v) is 12.0. The molecule has 6 heteroatoms. The highest BCUT2D eigenvalue weighted by atomic mass is 16.8. The third-order valence-corrected chi connectivity index (χ3v) is 2.96. The minimum atomic E-state index is -0.723. The van der Waals surface area contributed by atoms with Crippen molar-refractivity contribution >= 4 is 12.2 Å². The van der Waals surface area contributed by atoms with Crippen LogP contribution < -0.4 is 0 Å². The molecule has 2 rings (SSSR count). The second-order valence-corrected chi connectivity index (χ2v) is 6.43. The van der Waals surface area contributed by atoms with Crippen LogP contribution in [0.2, 0.25) is 0 Å².